The Morgan fingerprint density at radius 1 is 1.44 bits per heavy atom. The summed E-state index contributed by atoms with van der Waals surface area (Å²) >= 11 is 0. The maximum atomic E-state index is 11.4. The quantitative estimate of drug-likeness (QED) is 0.697. The molecule has 1 amide bonds. The van der Waals surface area contributed by atoms with E-state index in [-0.39, 0.29) is 6.04 Å². The largest absolute Gasteiger partial charge is 0.351 e. The minimum Gasteiger partial charge on any atom is -0.351 e. The van der Waals surface area contributed by atoms with Gasteiger partial charge in [-0.2, -0.15) is 0 Å². The number of amides is 1. The Balaban J connectivity index is 2.46. The van der Waals surface area contributed by atoms with Crippen LogP contribution < -0.4 is 11.1 Å². The minimum absolute atomic E-state index is 0.0725. The number of sulfone groups is 1. The molecule has 3 N–H and O–H groups in total. The molecule has 0 bridgehead atoms. The van der Waals surface area contributed by atoms with Gasteiger partial charge in [-0.3, -0.25) is 4.79 Å². The number of hydrogen-bond donors (Lipinski definition) is 2. The summed E-state index contributed by atoms with van der Waals surface area (Å²) in [5, 5.41) is 2.72. The van der Waals surface area contributed by atoms with Crippen molar-refractivity contribution in [2.75, 3.05) is 18.6 Å². The molecule has 94 valence electrons. The summed E-state index contributed by atoms with van der Waals surface area (Å²) in [6, 6.07) is -0.0725. The maximum absolute atomic E-state index is 11.4. The lowest BCUT2D eigenvalue weighted by Gasteiger charge is -2.22. The summed E-state index contributed by atoms with van der Waals surface area (Å²) in [4.78, 5) is 11.4. The Morgan fingerprint density at radius 3 is 2.44 bits per heavy atom. The average molecular weight is 248 g/mol. The molecule has 1 rings (SSSR count). The molecule has 5 nitrogen and oxygen atoms in total. The first-order chi connectivity index (χ1) is 7.42. The highest BCUT2D eigenvalue weighted by Gasteiger charge is 2.25. The number of nitrogens with two attached hydrogens (primary N) is 1. The van der Waals surface area contributed by atoms with Crippen LogP contribution >= 0.6 is 0 Å². The number of rotatable bonds is 5. The second-order valence-electron chi connectivity index (χ2n) is 4.52. The van der Waals surface area contributed by atoms with E-state index in [0.717, 1.165) is 19.1 Å². The normalized spacial score (nSPS) is 19.6. The molecule has 0 aromatic heterocycles. The molecule has 0 heterocycles. The lowest BCUT2D eigenvalue weighted by Crippen LogP contribution is -2.46. The minimum atomic E-state index is -3.25. The van der Waals surface area contributed by atoms with Crippen molar-refractivity contribution in [3.63, 3.8) is 0 Å². The first kappa shape index (κ1) is 13.4. The van der Waals surface area contributed by atoms with Crippen LogP contribution in [0, 0.1) is 5.92 Å². The third-order valence-electron chi connectivity index (χ3n) is 2.96. The Morgan fingerprint density at radius 2 is 2.00 bits per heavy atom. The molecule has 6 heteroatoms. The second kappa shape index (κ2) is 5.63. The first-order valence-electron chi connectivity index (χ1n) is 5.59. The van der Waals surface area contributed by atoms with Crippen LogP contribution in [0.3, 0.4) is 0 Å². The van der Waals surface area contributed by atoms with Gasteiger partial charge in [0.25, 0.3) is 0 Å². The van der Waals surface area contributed by atoms with Gasteiger partial charge in [-0.15, -0.1) is 0 Å². The van der Waals surface area contributed by atoms with Gasteiger partial charge >= 0.3 is 0 Å². The fraction of sp³-hybridized carbons (Fsp3) is 0.900. The van der Waals surface area contributed by atoms with E-state index in [9.17, 15) is 13.2 Å². The van der Waals surface area contributed by atoms with Crippen molar-refractivity contribution < 1.29 is 13.2 Å². The fourth-order valence-corrected chi connectivity index (χ4v) is 2.78. The van der Waals surface area contributed by atoms with E-state index in [2.05, 4.69) is 5.32 Å². The molecule has 1 aliphatic carbocycles. The van der Waals surface area contributed by atoms with Gasteiger partial charge in [0.15, 0.2) is 9.84 Å². The molecule has 0 radical (unpaired) electrons. The van der Waals surface area contributed by atoms with Crippen molar-refractivity contribution in [3.05, 3.63) is 0 Å². The molecule has 1 atom stereocenters. The van der Waals surface area contributed by atoms with Crippen molar-refractivity contribution in [2.45, 2.75) is 31.7 Å². The van der Waals surface area contributed by atoms with Crippen LogP contribution in [0.1, 0.15) is 25.7 Å². The average Bonchev–Trinajstić information content (AvgIpc) is 2.63. The third-order valence-corrected chi connectivity index (χ3v) is 3.75. The van der Waals surface area contributed by atoms with Gasteiger partial charge < -0.3 is 11.1 Å². The smallest absolute Gasteiger partial charge is 0.235 e. The Hall–Kier alpha value is -0.620. The van der Waals surface area contributed by atoms with Gasteiger partial charge in [0, 0.05) is 18.8 Å². The van der Waals surface area contributed by atoms with Crippen molar-refractivity contribution >= 4 is 15.7 Å². The summed E-state index contributed by atoms with van der Waals surface area (Å²) in [5.41, 5.74) is 5.60. The molecule has 0 aliphatic heterocycles. The molecule has 1 unspecified atom stereocenters. The van der Waals surface area contributed by atoms with Crippen molar-refractivity contribution in [1.82, 2.24) is 5.32 Å². The van der Waals surface area contributed by atoms with Gasteiger partial charge in [-0.05, 0) is 18.8 Å². The predicted molar refractivity (Wildman–Crippen MR) is 62.7 cm³/mol. The van der Waals surface area contributed by atoms with E-state index in [0.29, 0.717) is 12.5 Å². The lowest BCUT2D eigenvalue weighted by atomic mass is 9.98. The summed E-state index contributed by atoms with van der Waals surface area (Å²) < 4.78 is 21.9. The van der Waals surface area contributed by atoms with Crippen LogP contribution in [0.2, 0.25) is 0 Å². The Kier molecular flexibility index (Phi) is 4.73. The zero-order valence-corrected chi connectivity index (χ0v) is 10.4. The highest BCUT2D eigenvalue weighted by atomic mass is 32.2. The number of carbonyl (C=O) groups excluding carboxylic acids is 1. The lowest BCUT2D eigenvalue weighted by molar-refractivity contribution is -0.119. The molecule has 0 aromatic rings. The molecular weight excluding hydrogens is 228 g/mol. The second-order valence-corrected chi connectivity index (χ2v) is 6.66. The summed E-state index contributed by atoms with van der Waals surface area (Å²) in [6.07, 6.45) is 5.54. The number of nitrogens with one attached hydrogen (secondary N) is 1. The molecule has 16 heavy (non-hydrogen) atoms. The predicted octanol–water partition coefficient (Wildman–Crippen LogP) is -0.335. The summed E-state index contributed by atoms with van der Waals surface area (Å²) in [6.45, 7) is 0.375. The van der Waals surface area contributed by atoms with Gasteiger partial charge in [0.05, 0.1) is 0 Å². The standard InChI is InChI=1S/C10H20N2O3S/c1-16(14,15)7-10(13)12-9(6-11)8-4-2-3-5-8/h8-9H,2-7,11H2,1H3,(H,12,13). The van der Waals surface area contributed by atoms with Crippen LogP contribution in [0.4, 0.5) is 0 Å². The Bertz CT molecular complexity index is 334. The molecule has 0 spiro atoms. The van der Waals surface area contributed by atoms with Crippen molar-refractivity contribution in [2.24, 2.45) is 11.7 Å². The topological polar surface area (TPSA) is 89.3 Å². The molecule has 1 fully saturated rings. The molecule has 1 saturated carbocycles. The summed E-state index contributed by atoms with van der Waals surface area (Å²) in [5.74, 6) is -0.477. The number of carbonyl (C=O) groups is 1. The highest BCUT2D eigenvalue weighted by molar-refractivity contribution is 7.91. The van der Waals surface area contributed by atoms with Gasteiger partial charge in [0.2, 0.25) is 5.91 Å². The van der Waals surface area contributed by atoms with Gasteiger partial charge in [-0.25, -0.2) is 8.42 Å². The molecule has 1 aliphatic rings. The zero-order valence-electron chi connectivity index (χ0n) is 9.61. The highest BCUT2D eigenvalue weighted by Crippen LogP contribution is 2.27. The third kappa shape index (κ3) is 4.49. The van der Waals surface area contributed by atoms with E-state index in [4.69, 9.17) is 5.73 Å². The van der Waals surface area contributed by atoms with Crippen LogP contribution in [0.15, 0.2) is 0 Å². The Labute approximate surface area is 96.7 Å². The van der Waals surface area contributed by atoms with E-state index >= 15 is 0 Å². The van der Waals surface area contributed by atoms with E-state index in [1.165, 1.54) is 12.8 Å². The molecular formula is C10H20N2O3S. The molecule has 0 saturated heterocycles. The number of hydrogen-bond acceptors (Lipinski definition) is 4. The zero-order chi connectivity index (χ0) is 12.2. The fourth-order valence-electron chi connectivity index (χ4n) is 2.22. The van der Waals surface area contributed by atoms with Gasteiger partial charge in [0.1, 0.15) is 5.75 Å². The van der Waals surface area contributed by atoms with E-state index in [1.54, 1.807) is 0 Å². The maximum Gasteiger partial charge on any atom is 0.235 e. The SMILES string of the molecule is CS(=O)(=O)CC(=O)NC(CN)C1CCCC1. The van der Waals surface area contributed by atoms with Crippen LogP contribution in [0.25, 0.3) is 0 Å². The van der Waals surface area contributed by atoms with Gasteiger partial charge in [-0.1, -0.05) is 12.8 Å². The summed E-state index contributed by atoms with van der Waals surface area (Å²) in [7, 11) is -3.25. The van der Waals surface area contributed by atoms with Crippen LogP contribution in [-0.4, -0.2) is 38.9 Å². The first-order valence-corrected chi connectivity index (χ1v) is 7.65. The molecule has 0 aromatic carbocycles. The van der Waals surface area contributed by atoms with Crippen molar-refractivity contribution in [3.8, 4) is 0 Å². The monoisotopic (exact) mass is 248 g/mol. The van der Waals surface area contributed by atoms with Crippen LogP contribution in [0.5, 0.6) is 0 Å². The van der Waals surface area contributed by atoms with E-state index < -0.39 is 21.5 Å². The van der Waals surface area contributed by atoms with Crippen LogP contribution in [-0.2, 0) is 14.6 Å². The van der Waals surface area contributed by atoms with Crippen molar-refractivity contribution in [1.29, 1.82) is 0 Å². The van der Waals surface area contributed by atoms with E-state index in [1.807, 2.05) is 0 Å².